The lowest BCUT2D eigenvalue weighted by molar-refractivity contribution is 0.0184. The highest BCUT2D eigenvalue weighted by molar-refractivity contribution is 9.11. The van der Waals surface area contributed by atoms with Crippen molar-refractivity contribution in [3.63, 3.8) is 0 Å². The zero-order valence-corrected chi connectivity index (χ0v) is 14.7. The standard InChI is InChI=1S/C12H19BrN2O3S2/c1-8-3-4-15(7-10(8)18-2)20(16,17)11-5-9(6-14)19-12(11)13/h5,8,10H,3-4,6-7,14H2,1-2H3. The first-order valence-corrected chi connectivity index (χ1v) is 9.46. The molecule has 2 N–H and O–H groups in total. The Labute approximate surface area is 132 Å². The van der Waals surface area contributed by atoms with E-state index in [0.29, 0.717) is 34.2 Å². The number of hydrogen-bond donors (Lipinski definition) is 1. The van der Waals surface area contributed by atoms with Gasteiger partial charge in [0.05, 0.1) is 9.89 Å². The largest absolute Gasteiger partial charge is 0.380 e. The maximum Gasteiger partial charge on any atom is 0.245 e. The van der Waals surface area contributed by atoms with E-state index in [1.54, 1.807) is 13.2 Å². The van der Waals surface area contributed by atoms with Crippen LogP contribution in [-0.4, -0.2) is 39.0 Å². The maximum absolute atomic E-state index is 12.7. The van der Waals surface area contributed by atoms with Gasteiger partial charge in [-0.1, -0.05) is 6.92 Å². The van der Waals surface area contributed by atoms with E-state index in [2.05, 4.69) is 22.9 Å². The number of ether oxygens (including phenoxy) is 1. The van der Waals surface area contributed by atoms with Crippen LogP contribution >= 0.6 is 27.3 Å². The van der Waals surface area contributed by atoms with Gasteiger partial charge in [0.2, 0.25) is 10.0 Å². The van der Waals surface area contributed by atoms with Gasteiger partial charge in [-0.3, -0.25) is 0 Å². The predicted octanol–water partition coefficient (Wildman–Crippen LogP) is 2.01. The minimum Gasteiger partial charge on any atom is -0.380 e. The van der Waals surface area contributed by atoms with Gasteiger partial charge >= 0.3 is 0 Å². The fourth-order valence-corrected chi connectivity index (χ4v) is 6.32. The fourth-order valence-electron chi connectivity index (χ4n) is 2.34. The summed E-state index contributed by atoms with van der Waals surface area (Å²) in [6.45, 7) is 3.37. The molecule has 5 nitrogen and oxygen atoms in total. The lowest BCUT2D eigenvalue weighted by Crippen LogP contribution is -2.46. The molecule has 1 fully saturated rings. The van der Waals surface area contributed by atoms with Crippen LogP contribution in [0.5, 0.6) is 0 Å². The molecule has 0 bridgehead atoms. The van der Waals surface area contributed by atoms with Crippen molar-refractivity contribution in [1.82, 2.24) is 4.31 Å². The number of sulfonamides is 1. The summed E-state index contributed by atoms with van der Waals surface area (Å²) in [6, 6.07) is 1.66. The summed E-state index contributed by atoms with van der Waals surface area (Å²) in [7, 11) is -1.86. The highest BCUT2D eigenvalue weighted by Gasteiger charge is 2.35. The van der Waals surface area contributed by atoms with Crippen LogP contribution in [0.1, 0.15) is 18.2 Å². The van der Waals surface area contributed by atoms with Gasteiger partial charge in [0.1, 0.15) is 4.90 Å². The number of methoxy groups -OCH3 is 1. The highest BCUT2D eigenvalue weighted by Crippen LogP contribution is 2.35. The summed E-state index contributed by atoms with van der Waals surface area (Å²) < 4.78 is 32.9. The van der Waals surface area contributed by atoms with E-state index < -0.39 is 10.0 Å². The van der Waals surface area contributed by atoms with Crippen LogP contribution in [0.4, 0.5) is 0 Å². The third kappa shape index (κ3) is 3.10. The normalized spacial score (nSPS) is 25.0. The van der Waals surface area contributed by atoms with E-state index in [1.165, 1.54) is 15.6 Å². The molecule has 0 radical (unpaired) electrons. The Morgan fingerprint density at radius 3 is 2.85 bits per heavy atom. The first-order valence-electron chi connectivity index (χ1n) is 6.41. The molecule has 2 atom stereocenters. The molecule has 8 heteroatoms. The minimum atomic E-state index is -3.49. The van der Waals surface area contributed by atoms with Crippen LogP contribution < -0.4 is 5.73 Å². The fraction of sp³-hybridized carbons (Fsp3) is 0.667. The molecule has 2 rings (SSSR count). The first-order chi connectivity index (χ1) is 9.40. The van der Waals surface area contributed by atoms with Crippen molar-refractivity contribution in [1.29, 1.82) is 0 Å². The molecule has 20 heavy (non-hydrogen) atoms. The Morgan fingerprint density at radius 2 is 2.30 bits per heavy atom. The summed E-state index contributed by atoms with van der Waals surface area (Å²) in [6.07, 6.45) is 0.758. The van der Waals surface area contributed by atoms with Crippen LogP contribution in [0.15, 0.2) is 14.7 Å². The molecule has 0 spiro atoms. The Kier molecular flexibility index (Phi) is 5.25. The lowest BCUT2D eigenvalue weighted by Gasteiger charge is -2.35. The predicted molar refractivity (Wildman–Crippen MR) is 83.2 cm³/mol. The van der Waals surface area contributed by atoms with Crippen molar-refractivity contribution in [2.75, 3.05) is 20.2 Å². The van der Waals surface area contributed by atoms with Gasteiger partial charge in [-0.25, -0.2) is 8.42 Å². The second-order valence-corrected chi connectivity index (χ2v) is 9.32. The van der Waals surface area contributed by atoms with E-state index in [9.17, 15) is 8.42 Å². The SMILES string of the molecule is COC1CN(S(=O)(=O)c2cc(CN)sc2Br)CCC1C. The molecule has 0 saturated carbocycles. The summed E-state index contributed by atoms with van der Waals surface area (Å²) in [4.78, 5) is 1.16. The Hall–Kier alpha value is 0.01000. The average molecular weight is 383 g/mol. The molecule has 0 aromatic carbocycles. The maximum atomic E-state index is 12.7. The molecule has 1 aliphatic rings. The summed E-state index contributed by atoms with van der Waals surface area (Å²) in [5.74, 6) is 0.372. The molecule has 1 saturated heterocycles. The smallest absolute Gasteiger partial charge is 0.245 e. The van der Waals surface area contributed by atoms with Crippen LogP contribution in [-0.2, 0) is 21.3 Å². The van der Waals surface area contributed by atoms with Crippen molar-refractivity contribution < 1.29 is 13.2 Å². The summed E-state index contributed by atoms with van der Waals surface area (Å²) in [5, 5.41) is 0. The second kappa shape index (κ2) is 6.41. The van der Waals surface area contributed by atoms with Crippen molar-refractivity contribution in [3.8, 4) is 0 Å². The molecule has 114 valence electrons. The summed E-state index contributed by atoms with van der Waals surface area (Å²) >= 11 is 4.70. The molecule has 0 amide bonds. The van der Waals surface area contributed by atoms with Gasteiger partial charge in [0.15, 0.2) is 0 Å². The highest BCUT2D eigenvalue weighted by atomic mass is 79.9. The number of nitrogens with two attached hydrogens (primary N) is 1. The first kappa shape index (κ1) is 16.4. The molecular formula is C12H19BrN2O3S2. The van der Waals surface area contributed by atoms with Gasteiger partial charge in [0.25, 0.3) is 0 Å². The molecular weight excluding hydrogens is 364 g/mol. The number of thiophene rings is 1. The van der Waals surface area contributed by atoms with Crippen molar-refractivity contribution >= 4 is 37.3 Å². The molecule has 2 unspecified atom stereocenters. The number of nitrogens with zero attached hydrogens (tertiary/aromatic N) is 1. The van der Waals surface area contributed by atoms with Crippen molar-refractivity contribution in [2.24, 2.45) is 11.7 Å². The molecule has 1 aliphatic heterocycles. The topological polar surface area (TPSA) is 72.6 Å². The second-order valence-electron chi connectivity index (χ2n) is 4.96. The van der Waals surface area contributed by atoms with Crippen LogP contribution in [0.2, 0.25) is 0 Å². The van der Waals surface area contributed by atoms with Gasteiger partial charge in [-0.2, -0.15) is 4.31 Å². The Morgan fingerprint density at radius 1 is 1.60 bits per heavy atom. The molecule has 0 aliphatic carbocycles. The van der Waals surface area contributed by atoms with E-state index in [4.69, 9.17) is 10.5 Å². The van der Waals surface area contributed by atoms with Crippen LogP contribution in [0.3, 0.4) is 0 Å². The molecule has 1 aromatic rings. The number of piperidine rings is 1. The van der Waals surface area contributed by atoms with Gasteiger partial charge < -0.3 is 10.5 Å². The van der Waals surface area contributed by atoms with Crippen LogP contribution in [0, 0.1) is 5.92 Å². The van der Waals surface area contributed by atoms with E-state index >= 15 is 0 Å². The minimum absolute atomic E-state index is 0.0510. The number of halogens is 1. The van der Waals surface area contributed by atoms with E-state index in [1.807, 2.05) is 0 Å². The van der Waals surface area contributed by atoms with Gasteiger partial charge in [-0.15, -0.1) is 11.3 Å². The lowest BCUT2D eigenvalue weighted by atomic mass is 9.97. The monoisotopic (exact) mass is 382 g/mol. The van der Waals surface area contributed by atoms with Crippen LogP contribution in [0.25, 0.3) is 0 Å². The zero-order valence-electron chi connectivity index (χ0n) is 11.5. The Bertz CT molecular complexity index is 573. The molecule has 1 aromatic heterocycles. The van der Waals surface area contributed by atoms with E-state index in [0.717, 1.165) is 11.3 Å². The number of hydrogen-bond acceptors (Lipinski definition) is 5. The van der Waals surface area contributed by atoms with E-state index in [-0.39, 0.29) is 6.10 Å². The molecule has 2 heterocycles. The van der Waals surface area contributed by atoms with Gasteiger partial charge in [0, 0.05) is 31.6 Å². The zero-order chi connectivity index (χ0) is 14.9. The Balaban J connectivity index is 2.28. The van der Waals surface area contributed by atoms with Crippen molar-refractivity contribution in [2.45, 2.75) is 30.9 Å². The van der Waals surface area contributed by atoms with Gasteiger partial charge in [-0.05, 0) is 34.3 Å². The average Bonchev–Trinajstić information content (AvgIpc) is 2.81. The third-order valence-corrected chi connectivity index (χ3v) is 7.82. The quantitative estimate of drug-likeness (QED) is 0.864. The summed E-state index contributed by atoms with van der Waals surface area (Å²) in [5.41, 5.74) is 5.58. The number of rotatable bonds is 4. The third-order valence-electron chi connectivity index (χ3n) is 3.68. The van der Waals surface area contributed by atoms with Crippen molar-refractivity contribution in [3.05, 3.63) is 14.7 Å².